The van der Waals surface area contributed by atoms with Gasteiger partial charge in [-0.2, -0.15) is 0 Å². The fraction of sp³-hybridized carbons (Fsp3) is 0.481. The smallest absolute Gasteiger partial charge is 0.314 e. The molecule has 0 radical (unpaired) electrons. The quantitative estimate of drug-likeness (QED) is 0.0933. The van der Waals surface area contributed by atoms with Crippen LogP contribution in [0, 0.1) is 5.92 Å². The molecule has 1 heterocycles. The summed E-state index contributed by atoms with van der Waals surface area (Å²) in [5, 5.41) is 25.2. The zero-order chi connectivity index (χ0) is 27.0. The van der Waals surface area contributed by atoms with Gasteiger partial charge in [0.2, 0.25) is 12.3 Å². The number of carbonyl (C=O) groups excluding carboxylic acids is 3. The molecule has 1 saturated carbocycles. The third-order valence-corrected chi connectivity index (χ3v) is 7.01. The highest BCUT2D eigenvalue weighted by molar-refractivity contribution is 5.92. The number of nitrogens with one attached hydrogen (secondary N) is 2. The fourth-order valence-corrected chi connectivity index (χ4v) is 4.60. The Morgan fingerprint density at radius 3 is 2.35 bits per heavy atom. The molecular formula is C27H35N3O7. The van der Waals surface area contributed by atoms with Crippen molar-refractivity contribution in [1.82, 2.24) is 15.7 Å². The molecule has 1 fully saturated rings. The van der Waals surface area contributed by atoms with Gasteiger partial charge in [0.15, 0.2) is 5.76 Å². The van der Waals surface area contributed by atoms with E-state index in [4.69, 9.17) is 4.42 Å². The number of benzene rings is 1. The first kappa shape index (κ1) is 27.9. The molecule has 37 heavy (non-hydrogen) atoms. The van der Waals surface area contributed by atoms with E-state index in [0.29, 0.717) is 48.5 Å². The Balaban J connectivity index is 1.57. The zero-order valence-corrected chi connectivity index (χ0v) is 21.2. The number of aliphatic carboxylic acids is 1. The molecule has 1 aromatic heterocycles. The van der Waals surface area contributed by atoms with Gasteiger partial charge in [-0.1, -0.05) is 57.4 Å². The second-order valence-electron chi connectivity index (χ2n) is 9.42. The van der Waals surface area contributed by atoms with Crippen molar-refractivity contribution in [1.29, 1.82) is 0 Å². The number of furan rings is 1. The average Bonchev–Trinajstić information content (AvgIpc) is 3.57. The summed E-state index contributed by atoms with van der Waals surface area (Å²) in [5.41, 5.74) is 0.674. The molecule has 3 amide bonds. The van der Waals surface area contributed by atoms with E-state index in [2.05, 4.69) is 10.6 Å². The predicted octanol–water partition coefficient (Wildman–Crippen LogP) is 3.69. The highest BCUT2D eigenvalue weighted by Gasteiger charge is 2.51. The van der Waals surface area contributed by atoms with E-state index in [-0.39, 0.29) is 18.3 Å². The number of hydrogen-bond donors (Lipinski definition) is 4. The molecule has 4 N–H and O–H groups in total. The Bertz CT molecular complexity index is 1090. The Morgan fingerprint density at radius 2 is 1.78 bits per heavy atom. The van der Waals surface area contributed by atoms with Gasteiger partial charge in [0.1, 0.15) is 5.76 Å². The second-order valence-corrected chi connectivity index (χ2v) is 9.42. The van der Waals surface area contributed by atoms with Crippen LogP contribution in [0.4, 0.5) is 0 Å². The summed E-state index contributed by atoms with van der Waals surface area (Å²) in [7, 11) is 0. The van der Waals surface area contributed by atoms with Gasteiger partial charge < -0.3 is 20.2 Å². The van der Waals surface area contributed by atoms with E-state index >= 15 is 0 Å². The maximum Gasteiger partial charge on any atom is 0.314 e. The van der Waals surface area contributed by atoms with Crippen molar-refractivity contribution in [2.75, 3.05) is 6.67 Å². The SMILES string of the molecule is CCCCCC(C(=O)NCNC(=O)c1ccc(-c2ccc(C3(C(=O)O)CC3)cc2)o1)[C@@H](CC)N(O)C=O. The molecule has 0 saturated heterocycles. The Kier molecular flexibility index (Phi) is 9.46. The van der Waals surface area contributed by atoms with E-state index < -0.39 is 29.3 Å². The van der Waals surface area contributed by atoms with Gasteiger partial charge in [-0.05, 0) is 43.4 Å². The predicted molar refractivity (Wildman–Crippen MR) is 135 cm³/mol. The van der Waals surface area contributed by atoms with Gasteiger partial charge in [0.25, 0.3) is 5.91 Å². The molecule has 1 unspecified atom stereocenters. The zero-order valence-electron chi connectivity index (χ0n) is 21.2. The van der Waals surface area contributed by atoms with Crippen LogP contribution in [0.2, 0.25) is 0 Å². The van der Waals surface area contributed by atoms with Crippen molar-refractivity contribution >= 4 is 24.2 Å². The lowest BCUT2D eigenvalue weighted by molar-refractivity contribution is -0.168. The summed E-state index contributed by atoms with van der Waals surface area (Å²) in [4.78, 5) is 48.0. The van der Waals surface area contributed by atoms with Crippen molar-refractivity contribution in [3.05, 3.63) is 47.7 Å². The Labute approximate surface area is 216 Å². The van der Waals surface area contributed by atoms with Crippen LogP contribution in [0.5, 0.6) is 0 Å². The molecular weight excluding hydrogens is 478 g/mol. The number of nitrogens with zero attached hydrogens (tertiary/aromatic N) is 1. The van der Waals surface area contributed by atoms with Gasteiger partial charge >= 0.3 is 5.97 Å². The summed E-state index contributed by atoms with van der Waals surface area (Å²) in [6.45, 7) is 3.69. The summed E-state index contributed by atoms with van der Waals surface area (Å²) in [6, 6.07) is 9.59. The van der Waals surface area contributed by atoms with Gasteiger partial charge in [-0.3, -0.25) is 24.4 Å². The monoisotopic (exact) mass is 513 g/mol. The van der Waals surface area contributed by atoms with Crippen LogP contribution in [0.25, 0.3) is 11.3 Å². The number of rotatable bonds is 15. The number of carboxylic acid groups (broad SMARTS) is 1. The average molecular weight is 514 g/mol. The minimum absolute atomic E-state index is 0.0611. The van der Waals surface area contributed by atoms with Crippen molar-refractivity contribution in [2.45, 2.75) is 70.3 Å². The third kappa shape index (κ3) is 6.56. The summed E-state index contributed by atoms with van der Waals surface area (Å²) in [6.07, 6.45) is 5.12. The van der Waals surface area contributed by atoms with Crippen LogP contribution < -0.4 is 10.6 Å². The molecule has 3 rings (SSSR count). The first-order chi connectivity index (χ1) is 17.8. The summed E-state index contributed by atoms with van der Waals surface area (Å²) in [5.74, 6) is -1.79. The maximum atomic E-state index is 12.8. The van der Waals surface area contributed by atoms with E-state index in [0.717, 1.165) is 24.8 Å². The first-order valence-corrected chi connectivity index (χ1v) is 12.7. The van der Waals surface area contributed by atoms with E-state index in [9.17, 15) is 29.5 Å². The van der Waals surface area contributed by atoms with Gasteiger partial charge in [-0.25, -0.2) is 5.06 Å². The van der Waals surface area contributed by atoms with Crippen molar-refractivity contribution in [3.8, 4) is 11.3 Å². The molecule has 2 atom stereocenters. The topological polar surface area (TPSA) is 149 Å². The molecule has 2 aromatic rings. The minimum Gasteiger partial charge on any atom is -0.481 e. The summed E-state index contributed by atoms with van der Waals surface area (Å²) < 4.78 is 5.67. The van der Waals surface area contributed by atoms with Gasteiger partial charge in [-0.15, -0.1) is 0 Å². The van der Waals surface area contributed by atoms with E-state index in [1.54, 1.807) is 37.3 Å². The number of amides is 3. The van der Waals surface area contributed by atoms with Crippen LogP contribution in [0.3, 0.4) is 0 Å². The molecule has 1 aromatic carbocycles. The molecule has 10 nitrogen and oxygen atoms in total. The van der Waals surface area contributed by atoms with Gasteiger partial charge in [0.05, 0.1) is 24.0 Å². The normalized spacial score (nSPS) is 15.3. The van der Waals surface area contributed by atoms with Crippen LogP contribution in [-0.4, -0.2) is 52.3 Å². The Hall–Kier alpha value is -3.66. The van der Waals surface area contributed by atoms with Crippen LogP contribution in [0.1, 0.15) is 74.9 Å². The minimum atomic E-state index is -0.820. The number of carboxylic acids is 1. The van der Waals surface area contributed by atoms with Crippen LogP contribution >= 0.6 is 0 Å². The van der Waals surface area contributed by atoms with E-state index in [1.807, 2.05) is 6.92 Å². The maximum absolute atomic E-state index is 12.8. The fourth-order valence-electron chi connectivity index (χ4n) is 4.60. The largest absolute Gasteiger partial charge is 0.481 e. The molecule has 10 heteroatoms. The standard InChI is InChI=1S/C27H35N3O7/c1-3-5-6-7-20(21(4-2)30(36)17-31)24(32)28-16-29-25(33)23-13-12-22(37-23)18-8-10-19(11-9-18)27(14-15-27)26(34)35/h8-13,17,20-21,36H,3-7,14-16H2,1-2H3,(H,28,32)(H,29,33)(H,34,35)/t20?,21-/m1/s1. The molecule has 0 aliphatic heterocycles. The first-order valence-electron chi connectivity index (χ1n) is 12.7. The number of carbonyl (C=O) groups is 4. The van der Waals surface area contributed by atoms with Crippen molar-refractivity contribution in [2.24, 2.45) is 5.92 Å². The Morgan fingerprint density at radius 1 is 1.08 bits per heavy atom. The summed E-state index contributed by atoms with van der Waals surface area (Å²) >= 11 is 0. The molecule has 1 aliphatic carbocycles. The lowest BCUT2D eigenvalue weighted by Crippen LogP contribution is -2.47. The van der Waals surface area contributed by atoms with E-state index in [1.165, 1.54) is 6.07 Å². The lowest BCUT2D eigenvalue weighted by atomic mass is 9.90. The highest BCUT2D eigenvalue weighted by atomic mass is 16.5. The number of hydroxylamine groups is 2. The molecule has 1 aliphatic rings. The van der Waals surface area contributed by atoms with Crippen LogP contribution in [0.15, 0.2) is 40.8 Å². The van der Waals surface area contributed by atoms with Gasteiger partial charge in [0, 0.05) is 5.56 Å². The number of hydrogen-bond acceptors (Lipinski definition) is 6. The molecule has 0 spiro atoms. The second kappa shape index (κ2) is 12.5. The van der Waals surface area contributed by atoms with Crippen molar-refractivity contribution < 1.29 is 33.9 Å². The van der Waals surface area contributed by atoms with Crippen molar-refractivity contribution in [3.63, 3.8) is 0 Å². The van der Waals surface area contributed by atoms with Crippen LogP contribution in [-0.2, 0) is 19.8 Å². The molecule has 200 valence electrons. The highest BCUT2D eigenvalue weighted by Crippen LogP contribution is 2.48. The molecule has 0 bridgehead atoms. The third-order valence-electron chi connectivity index (χ3n) is 7.01. The lowest BCUT2D eigenvalue weighted by Gasteiger charge is -2.29. The number of unbranched alkanes of at least 4 members (excludes halogenated alkanes) is 2.